The molecule has 1 aromatic rings. The Morgan fingerprint density at radius 3 is 2.80 bits per heavy atom. The molecule has 0 radical (unpaired) electrons. The fraction of sp³-hybridized carbons (Fsp3) is 0.333. The van der Waals surface area contributed by atoms with Crippen LogP contribution in [-0.2, 0) is 0 Å². The summed E-state index contributed by atoms with van der Waals surface area (Å²) in [7, 11) is 0. The van der Waals surface area contributed by atoms with Gasteiger partial charge in [-0.05, 0) is 35.0 Å². The zero-order valence-corrected chi connectivity index (χ0v) is 7.18. The summed E-state index contributed by atoms with van der Waals surface area (Å²) in [4.78, 5) is 0. The van der Waals surface area contributed by atoms with Gasteiger partial charge >= 0.3 is 0 Å². The topological polar surface area (TPSA) is 51.2 Å². The van der Waals surface area contributed by atoms with E-state index >= 15 is 0 Å². The van der Waals surface area contributed by atoms with E-state index in [1.165, 1.54) is 0 Å². The minimum absolute atomic E-state index is 0.0614. The largest absolute Gasteiger partial charge is 0.453 e. The van der Waals surface area contributed by atoms with Gasteiger partial charge in [-0.3, -0.25) is 11.3 Å². The Morgan fingerprint density at radius 1 is 1.70 bits per heavy atom. The molecule has 0 saturated carbocycles. The van der Waals surface area contributed by atoms with Gasteiger partial charge in [0.15, 0.2) is 4.67 Å². The van der Waals surface area contributed by atoms with Gasteiger partial charge in [0.2, 0.25) is 0 Å². The van der Waals surface area contributed by atoms with Crippen LogP contribution in [0.4, 0.5) is 0 Å². The number of halogens is 1. The highest BCUT2D eigenvalue weighted by molar-refractivity contribution is 9.10. The van der Waals surface area contributed by atoms with Crippen molar-refractivity contribution in [2.24, 2.45) is 5.84 Å². The molecule has 0 aliphatic carbocycles. The van der Waals surface area contributed by atoms with Crippen LogP contribution >= 0.6 is 15.9 Å². The third-order valence-electron chi connectivity index (χ3n) is 1.27. The Hall–Kier alpha value is -0.320. The van der Waals surface area contributed by atoms with Gasteiger partial charge in [0.25, 0.3) is 0 Å². The predicted octanol–water partition coefficient (Wildman–Crippen LogP) is 1.57. The SMILES string of the molecule is CC(NN)c1ccc(Br)o1. The first kappa shape index (κ1) is 7.78. The number of furan rings is 1. The molecule has 1 rings (SSSR count). The summed E-state index contributed by atoms with van der Waals surface area (Å²) in [5, 5.41) is 0. The van der Waals surface area contributed by atoms with Crippen molar-refractivity contribution in [2.75, 3.05) is 0 Å². The number of nitrogens with two attached hydrogens (primary N) is 1. The molecule has 10 heavy (non-hydrogen) atoms. The van der Waals surface area contributed by atoms with E-state index in [0.29, 0.717) is 0 Å². The lowest BCUT2D eigenvalue weighted by molar-refractivity contribution is 0.423. The number of rotatable bonds is 2. The van der Waals surface area contributed by atoms with Gasteiger partial charge in [-0.25, -0.2) is 0 Å². The van der Waals surface area contributed by atoms with E-state index in [4.69, 9.17) is 10.3 Å². The molecule has 0 bridgehead atoms. The van der Waals surface area contributed by atoms with Gasteiger partial charge in [-0.2, -0.15) is 0 Å². The van der Waals surface area contributed by atoms with Crippen molar-refractivity contribution in [1.29, 1.82) is 0 Å². The summed E-state index contributed by atoms with van der Waals surface area (Å²) < 4.78 is 5.94. The molecule has 0 aliphatic heterocycles. The molecule has 1 heterocycles. The van der Waals surface area contributed by atoms with E-state index in [1.807, 2.05) is 19.1 Å². The molecular formula is C6H9BrN2O. The van der Waals surface area contributed by atoms with Crippen molar-refractivity contribution < 1.29 is 4.42 Å². The van der Waals surface area contributed by atoms with Crippen LogP contribution in [0.15, 0.2) is 21.2 Å². The summed E-state index contributed by atoms with van der Waals surface area (Å²) >= 11 is 3.19. The summed E-state index contributed by atoms with van der Waals surface area (Å²) in [5.41, 5.74) is 2.58. The fourth-order valence-corrected chi connectivity index (χ4v) is 0.962. The van der Waals surface area contributed by atoms with Gasteiger partial charge in [-0.1, -0.05) is 0 Å². The smallest absolute Gasteiger partial charge is 0.169 e. The summed E-state index contributed by atoms with van der Waals surface area (Å²) in [6, 6.07) is 3.77. The van der Waals surface area contributed by atoms with Crippen LogP contribution < -0.4 is 11.3 Å². The second-order valence-corrected chi connectivity index (χ2v) is 2.81. The quantitative estimate of drug-likeness (QED) is 0.569. The highest BCUT2D eigenvalue weighted by Crippen LogP contribution is 2.18. The molecule has 1 aromatic heterocycles. The zero-order valence-electron chi connectivity index (χ0n) is 5.60. The molecule has 0 saturated heterocycles. The highest BCUT2D eigenvalue weighted by atomic mass is 79.9. The molecule has 3 N–H and O–H groups in total. The van der Waals surface area contributed by atoms with Gasteiger partial charge in [0.1, 0.15) is 5.76 Å². The van der Waals surface area contributed by atoms with Crippen molar-refractivity contribution in [1.82, 2.24) is 5.43 Å². The highest BCUT2D eigenvalue weighted by Gasteiger charge is 2.05. The summed E-state index contributed by atoms with van der Waals surface area (Å²) in [6.45, 7) is 1.92. The Kier molecular flexibility index (Phi) is 2.48. The lowest BCUT2D eigenvalue weighted by Gasteiger charge is -2.03. The van der Waals surface area contributed by atoms with Crippen molar-refractivity contribution in [3.05, 3.63) is 22.6 Å². The molecule has 3 nitrogen and oxygen atoms in total. The maximum atomic E-state index is 5.21. The van der Waals surface area contributed by atoms with Crippen LogP contribution in [0.1, 0.15) is 18.7 Å². The van der Waals surface area contributed by atoms with Crippen LogP contribution in [0.3, 0.4) is 0 Å². The summed E-state index contributed by atoms with van der Waals surface area (Å²) in [5.74, 6) is 6.02. The first-order valence-corrected chi connectivity index (χ1v) is 3.74. The molecular weight excluding hydrogens is 196 g/mol. The third-order valence-corrected chi connectivity index (χ3v) is 1.70. The molecule has 4 heteroatoms. The lowest BCUT2D eigenvalue weighted by atomic mass is 10.3. The Bertz CT molecular complexity index is 211. The van der Waals surface area contributed by atoms with Crippen LogP contribution in [-0.4, -0.2) is 0 Å². The van der Waals surface area contributed by atoms with Crippen molar-refractivity contribution in [3.63, 3.8) is 0 Å². The lowest BCUT2D eigenvalue weighted by Crippen LogP contribution is -2.25. The normalized spacial score (nSPS) is 13.5. The number of hydrazine groups is 1. The van der Waals surface area contributed by atoms with Gasteiger partial charge in [0, 0.05) is 0 Å². The van der Waals surface area contributed by atoms with Crippen LogP contribution in [0.25, 0.3) is 0 Å². The molecule has 0 spiro atoms. The molecule has 1 atom stereocenters. The molecule has 0 amide bonds. The zero-order chi connectivity index (χ0) is 7.56. The maximum Gasteiger partial charge on any atom is 0.169 e. The Morgan fingerprint density at radius 2 is 2.40 bits per heavy atom. The van der Waals surface area contributed by atoms with E-state index in [0.717, 1.165) is 10.4 Å². The maximum absolute atomic E-state index is 5.21. The standard InChI is InChI=1S/C6H9BrN2O/c1-4(9-8)5-2-3-6(7)10-5/h2-4,9H,8H2,1H3. The molecule has 56 valence electrons. The number of hydrogen-bond donors (Lipinski definition) is 2. The average Bonchev–Trinajstić information content (AvgIpc) is 2.34. The Labute approximate surface area is 67.7 Å². The molecule has 0 fully saturated rings. The first-order chi connectivity index (χ1) is 4.74. The summed E-state index contributed by atoms with van der Waals surface area (Å²) in [6.07, 6.45) is 0. The van der Waals surface area contributed by atoms with Gasteiger partial charge < -0.3 is 4.42 Å². The van der Waals surface area contributed by atoms with Gasteiger partial charge in [-0.15, -0.1) is 0 Å². The predicted molar refractivity (Wildman–Crippen MR) is 42.1 cm³/mol. The van der Waals surface area contributed by atoms with E-state index in [1.54, 1.807) is 0 Å². The van der Waals surface area contributed by atoms with Crippen LogP contribution in [0, 0.1) is 0 Å². The van der Waals surface area contributed by atoms with Crippen LogP contribution in [0.2, 0.25) is 0 Å². The fourth-order valence-electron chi connectivity index (χ4n) is 0.643. The van der Waals surface area contributed by atoms with E-state index < -0.39 is 0 Å². The second-order valence-electron chi connectivity index (χ2n) is 2.03. The molecule has 0 aliphatic rings. The van der Waals surface area contributed by atoms with E-state index in [9.17, 15) is 0 Å². The number of hydrogen-bond acceptors (Lipinski definition) is 3. The molecule has 0 aromatic carbocycles. The van der Waals surface area contributed by atoms with Crippen LogP contribution in [0.5, 0.6) is 0 Å². The minimum Gasteiger partial charge on any atom is -0.453 e. The first-order valence-electron chi connectivity index (χ1n) is 2.95. The van der Waals surface area contributed by atoms with E-state index in [2.05, 4.69) is 21.4 Å². The molecule has 1 unspecified atom stereocenters. The number of nitrogens with one attached hydrogen (secondary N) is 1. The average molecular weight is 205 g/mol. The van der Waals surface area contributed by atoms with Crippen molar-refractivity contribution in [3.8, 4) is 0 Å². The van der Waals surface area contributed by atoms with Crippen molar-refractivity contribution in [2.45, 2.75) is 13.0 Å². The third kappa shape index (κ3) is 1.59. The van der Waals surface area contributed by atoms with Gasteiger partial charge in [0.05, 0.1) is 6.04 Å². The second kappa shape index (κ2) is 3.18. The monoisotopic (exact) mass is 204 g/mol. The Balaban J connectivity index is 2.74. The minimum atomic E-state index is 0.0614. The van der Waals surface area contributed by atoms with Crippen molar-refractivity contribution >= 4 is 15.9 Å². The van der Waals surface area contributed by atoms with E-state index in [-0.39, 0.29) is 6.04 Å².